The van der Waals surface area contributed by atoms with Crippen molar-refractivity contribution in [1.82, 2.24) is 4.72 Å². The minimum absolute atomic E-state index is 0.134. The number of benzene rings is 2. The molecule has 2 aromatic rings. The van der Waals surface area contributed by atoms with Crippen LogP contribution in [0.15, 0.2) is 59.5 Å². The van der Waals surface area contributed by atoms with E-state index in [9.17, 15) is 8.42 Å². The van der Waals surface area contributed by atoms with Crippen molar-refractivity contribution in [2.45, 2.75) is 24.8 Å². The lowest BCUT2D eigenvalue weighted by Gasteiger charge is -2.22. The predicted molar refractivity (Wildman–Crippen MR) is 85.8 cm³/mol. The summed E-state index contributed by atoms with van der Waals surface area (Å²) in [5.74, 6) is 0.134. The summed E-state index contributed by atoms with van der Waals surface area (Å²) < 4.78 is 27.7. The standard InChI is InChI=1S/C16H18ClNO2S/c1-12(2)16(13-6-4-3-5-7-13)18-21(19,20)15-10-8-14(17)9-11-15/h3-12,16,18H,1-2H3. The molecule has 0 aliphatic rings. The fourth-order valence-electron chi connectivity index (χ4n) is 2.10. The lowest BCUT2D eigenvalue weighted by Crippen LogP contribution is -2.31. The van der Waals surface area contributed by atoms with Gasteiger partial charge in [0.15, 0.2) is 0 Å². The third-order valence-corrected chi connectivity index (χ3v) is 4.94. The highest BCUT2D eigenvalue weighted by Gasteiger charge is 2.23. The van der Waals surface area contributed by atoms with Gasteiger partial charge in [0, 0.05) is 11.1 Å². The van der Waals surface area contributed by atoms with E-state index in [0.29, 0.717) is 5.02 Å². The highest BCUT2D eigenvalue weighted by Crippen LogP contribution is 2.24. The molecule has 0 fully saturated rings. The van der Waals surface area contributed by atoms with Gasteiger partial charge < -0.3 is 0 Å². The fraction of sp³-hybridized carbons (Fsp3) is 0.250. The Morgan fingerprint density at radius 1 is 0.952 bits per heavy atom. The third kappa shape index (κ3) is 4.06. The number of hydrogen-bond acceptors (Lipinski definition) is 2. The van der Waals surface area contributed by atoms with Crippen molar-refractivity contribution in [3.63, 3.8) is 0 Å². The average molecular weight is 324 g/mol. The zero-order valence-electron chi connectivity index (χ0n) is 12.0. The molecule has 5 heteroatoms. The van der Waals surface area contributed by atoms with E-state index in [0.717, 1.165) is 5.56 Å². The Morgan fingerprint density at radius 3 is 2.05 bits per heavy atom. The Hall–Kier alpha value is -1.36. The number of hydrogen-bond donors (Lipinski definition) is 1. The Bertz CT molecular complexity index is 682. The second kappa shape index (κ2) is 6.60. The van der Waals surface area contributed by atoms with Crippen LogP contribution >= 0.6 is 11.6 Å². The summed E-state index contributed by atoms with van der Waals surface area (Å²) >= 11 is 5.80. The number of nitrogens with one attached hydrogen (secondary N) is 1. The molecule has 112 valence electrons. The van der Waals surface area contributed by atoms with Crippen molar-refractivity contribution in [2.75, 3.05) is 0 Å². The minimum atomic E-state index is -3.58. The summed E-state index contributed by atoms with van der Waals surface area (Å²) in [6, 6.07) is 15.5. The first-order chi connectivity index (χ1) is 9.90. The second-order valence-electron chi connectivity index (χ2n) is 5.21. The Labute approximate surface area is 131 Å². The Morgan fingerprint density at radius 2 is 1.52 bits per heavy atom. The second-order valence-corrected chi connectivity index (χ2v) is 7.36. The summed E-state index contributed by atoms with van der Waals surface area (Å²) in [6.07, 6.45) is 0. The van der Waals surface area contributed by atoms with Crippen LogP contribution in [0.25, 0.3) is 0 Å². The van der Waals surface area contributed by atoms with E-state index in [2.05, 4.69) is 4.72 Å². The van der Waals surface area contributed by atoms with Crippen molar-refractivity contribution in [1.29, 1.82) is 0 Å². The van der Waals surface area contributed by atoms with E-state index >= 15 is 0 Å². The Balaban J connectivity index is 2.30. The molecule has 0 heterocycles. The van der Waals surface area contributed by atoms with E-state index in [1.165, 1.54) is 12.1 Å². The maximum atomic E-state index is 12.5. The van der Waals surface area contributed by atoms with Crippen molar-refractivity contribution >= 4 is 21.6 Å². The van der Waals surface area contributed by atoms with Gasteiger partial charge in [0.25, 0.3) is 0 Å². The normalized spacial score (nSPS) is 13.3. The highest BCUT2D eigenvalue weighted by atomic mass is 35.5. The predicted octanol–water partition coefficient (Wildman–Crippen LogP) is 4.02. The molecule has 21 heavy (non-hydrogen) atoms. The van der Waals surface area contributed by atoms with E-state index < -0.39 is 10.0 Å². The van der Waals surface area contributed by atoms with Crippen molar-refractivity contribution in [3.05, 3.63) is 65.2 Å². The molecule has 1 N–H and O–H groups in total. The first kappa shape index (κ1) is 16.0. The molecule has 2 rings (SSSR count). The zero-order valence-corrected chi connectivity index (χ0v) is 13.5. The maximum Gasteiger partial charge on any atom is 0.241 e. The smallest absolute Gasteiger partial charge is 0.207 e. The summed E-state index contributed by atoms with van der Waals surface area (Å²) in [4.78, 5) is 0.216. The van der Waals surface area contributed by atoms with Crippen molar-refractivity contribution < 1.29 is 8.42 Å². The van der Waals surface area contributed by atoms with Gasteiger partial charge in [-0.25, -0.2) is 13.1 Å². The monoisotopic (exact) mass is 323 g/mol. The molecule has 1 atom stereocenters. The van der Waals surface area contributed by atoms with Crippen LogP contribution in [-0.2, 0) is 10.0 Å². The highest BCUT2D eigenvalue weighted by molar-refractivity contribution is 7.89. The topological polar surface area (TPSA) is 46.2 Å². The molecule has 0 radical (unpaired) electrons. The average Bonchev–Trinajstić information content (AvgIpc) is 2.46. The Kier molecular flexibility index (Phi) is 5.04. The molecular formula is C16H18ClNO2S. The first-order valence-electron chi connectivity index (χ1n) is 6.73. The van der Waals surface area contributed by atoms with Gasteiger partial charge in [0.1, 0.15) is 0 Å². The van der Waals surface area contributed by atoms with E-state index in [1.807, 2.05) is 44.2 Å². The van der Waals surface area contributed by atoms with Crippen LogP contribution in [0.1, 0.15) is 25.5 Å². The maximum absolute atomic E-state index is 12.5. The molecule has 0 aromatic heterocycles. The lowest BCUT2D eigenvalue weighted by atomic mass is 9.97. The third-order valence-electron chi connectivity index (χ3n) is 3.23. The van der Waals surface area contributed by atoms with Crippen LogP contribution in [0.3, 0.4) is 0 Å². The van der Waals surface area contributed by atoms with Crippen LogP contribution in [0.2, 0.25) is 5.02 Å². The summed E-state index contributed by atoms with van der Waals surface area (Å²) in [7, 11) is -3.58. The van der Waals surface area contributed by atoms with Crippen LogP contribution in [0, 0.1) is 5.92 Å². The van der Waals surface area contributed by atoms with E-state index in [4.69, 9.17) is 11.6 Å². The van der Waals surface area contributed by atoms with E-state index in [-0.39, 0.29) is 16.9 Å². The SMILES string of the molecule is CC(C)C(NS(=O)(=O)c1ccc(Cl)cc1)c1ccccc1. The molecule has 2 aromatic carbocycles. The van der Waals surface area contributed by atoms with Gasteiger partial charge in [0.2, 0.25) is 10.0 Å². The van der Waals surface area contributed by atoms with Crippen LogP contribution in [0.4, 0.5) is 0 Å². The molecule has 0 bridgehead atoms. The minimum Gasteiger partial charge on any atom is -0.207 e. The number of halogens is 1. The summed E-state index contributed by atoms with van der Waals surface area (Å²) in [6.45, 7) is 3.98. The van der Waals surface area contributed by atoms with E-state index in [1.54, 1.807) is 12.1 Å². The summed E-state index contributed by atoms with van der Waals surface area (Å²) in [5, 5.41) is 0.511. The molecule has 0 aliphatic carbocycles. The first-order valence-corrected chi connectivity index (χ1v) is 8.59. The molecule has 0 spiro atoms. The van der Waals surface area contributed by atoms with Crippen LogP contribution < -0.4 is 4.72 Å². The van der Waals surface area contributed by atoms with Crippen molar-refractivity contribution in [2.24, 2.45) is 5.92 Å². The van der Waals surface area contributed by atoms with Crippen molar-refractivity contribution in [3.8, 4) is 0 Å². The molecule has 0 aliphatic heterocycles. The largest absolute Gasteiger partial charge is 0.241 e. The number of sulfonamides is 1. The quantitative estimate of drug-likeness (QED) is 0.903. The summed E-state index contributed by atoms with van der Waals surface area (Å²) in [5.41, 5.74) is 0.949. The number of rotatable bonds is 5. The van der Waals surface area contributed by atoms with Gasteiger partial charge in [-0.3, -0.25) is 0 Å². The molecular weight excluding hydrogens is 306 g/mol. The molecule has 1 unspecified atom stereocenters. The zero-order chi connectivity index (χ0) is 15.5. The van der Waals surface area contributed by atoms with Gasteiger partial charge in [-0.2, -0.15) is 0 Å². The molecule has 0 amide bonds. The van der Waals surface area contributed by atoms with Gasteiger partial charge in [-0.05, 0) is 35.7 Å². The van der Waals surface area contributed by atoms with Gasteiger partial charge >= 0.3 is 0 Å². The van der Waals surface area contributed by atoms with Gasteiger partial charge in [0.05, 0.1) is 4.90 Å². The fourth-order valence-corrected chi connectivity index (χ4v) is 3.60. The molecule has 0 saturated carbocycles. The van der Waals surface area contributed by atoms with Gasteiger partial charge in [-0.15, -0.1) is 0 Å². The van der Waals surface area contributed by atoms with Crippen LogP contribution in [-0.4, -0.2) is 8.42 Å². The lowest BCUT2D eigenvalue weighted by molar-refractivity contribution is 0.463. The molecule has 0 saturated heterocycles. The molecule has 3 nitrogen and oxygen atoms in total. The van der Waals surface area contributed by atoms with Crippen LogP contribution in [0.5, 0.6) is 0 Å². The van der Waals surface area contributed by atoms with Gasteiger partial charge in [-0.1, -0.05) is 55.8 Å².